The molecule has 522 valence electrons. The van der Waals surface area contributed by atoms with Crippen molar-refractivity contribution in [1.82, 2.24) is 0 Å². The molecule has 0 rings (SSSR count). The molecule has 0 aromatic carbocycles. The van der Waals surface area contributed by atoms with Gasteiger partial charge in [0.1, 0.15) is 19.3 Å². The molecule has 0 aliphatic rings. The third-order valence-corrected chi connectivity index (χ3v) is 17.9. The Balaban J connectivity index is 5.20. The molecule has 0 bridgehead atoms. The molecule has 0 fully saturated rings. The van der Waals surface area contributed by atoms with E-state index in [1.165, 1.54) is 154 Å². The van der Waals surface area contributed by atoms with Crippen LogP contribution in [0.25, 0.3) is 0 Å². The van der Waals surface area contributed by atoms with E-state index >= 15 is 0 Å². The van der Waals surface area contributed by atoms with Crippen molar-refractivity contribution in [1.29, 1.82) is 0 Å². The zero-order chi connectivity index (χ0) is 65.0. The van der Waals surface area contributed by atoms with E-state index in [2.05, 4.69) is 41.5 Å². The number of hydrogen-bond acceptors (Lipinski definition) is 15. The first-order valence-corrected chi connectivity index (χ1v) is 39.0. The first-order chi connectivity index (χ1) is 42.4. The molecule has 0 radical (unpaired) electrons. The highest BCUT2D eigenvalue weighted by molar-refractivity contribution is 7.47. The van der Waals surface area contributed by atoms with Crippen LogP contribution >= 0.6 is 15.6 Å². The van der Waals surface area contributed by atoms with Crippen LogP contribution in [0, 0.1) is 11.8 Å². The number of rotatable bonds is 68. The van der Waals surface area contributed by atoms with Crippen molar-refractivity contribution in [2.75, 3.05) is 39.6 Å². The molecule has 0 saturated carbocycles. The molecule has 0 heterocycles. The Bertz CT molecular complexity index is 1720. The molecule has 0 aromatic rings. The van der Waals surface area contributed by atoms with Crippen LogP contribution < -0.4 is 0 Å². The number of unbranched alkanes of at least 4 members (excludes halogenated alkanes) is 38. The molecule has 17 nitrogen and oxygen atoms in total. The summed E-state index contributed by atoms with van der Waals surface area (Å²) in [7, 11) is -9.89. The van der Waals surface area contributed by atoms with Gasteiger partial charge < -0.3 is 33.8 Å². The maximum absolute atomic E-state index is 13.0. The van der Waals surface area contributed by atoms with Crippen molar-refractivity contribution in [2.24, 2.45) is 11.8 Å². The van der Waals surface area contributed by atoms with Gasteiger partial charge in [-0.25, -0.2) is 9.13 Å². The zero-order valence-electron chi connectivity index (χ0n) is 57.0. The molecular weight excluding hydrogens is 1160 g/mol. The Morgan fingerprint density at radius 1 is 0.307 bits per heavy atom. The average Bonchev–Trinajstić information content (AvgIpc) is 3.61. The van der Waals surface area contributed by atoms with Crippen LogP contribution in [-0.4, -0.2) is 96.7 Å². The van der Waals surface area contributed by atoms with E-state index < -0.39 is 97.5 Å². The third kappa shape index (κ3) is 62.8. The van der Waals surface area contributed by atoms with Gasteiger partial charge in [-0.2, -0.15) is 0 Å². The number of phosphoric acid groups is 2. The van der Waals surface area contributed by atoms with Gasteiger partial charge in [0.2, 0.25) is 0 Å². The van der Waals surface area contributed by atoms with Crippen LogP contribution in [0.5, 0.6) is 0 Å². The van der Waals surface area contributed by atoms with Gasteiger partial charge >= 0.3 is 39.5 Å². The van der Waals surface area contributed by atoms with E-state index in [0.29, 0.717) is 25.7 Å². The maximum atomic E-state index is 13.0. The molecule has 0 amide bonds. The van der Waals surface area contributed by atoms with Crippen LogP contribution in [-0.2, 0) is 65.4 Å². The summed E-state index contributed by atoms with van der Waals surface area (Å²) in [5, 5.41) is 10.6. The number of hydrogen-bond donors (Lipinski definition) is 3. The number of ether oxygens (including phenoxy) is 4. The van der Waals surface area contributed by atoms with Crippen LogP contribution in [0.1, 0.15) is 350 Å². The molecular formula is C69H134O17P2. The molecule has 0 aliphatic heterocycles. The molecule has 0 aliphatic carbocycles. The van der Waals surface area contributed by atoms with E-state index in [-0.39, 0.29) is 25.7 Å². The fraction of sp³-hybridized carbons (Fsp3) is 0.942. The monoisotopic (exact) mass is 1300 g/mol. The van der Waals surface area contributed by atoms with Crippen LogP contribution in [0.3, 0.4) is 0 Å². The molecule has 3 N–H and O–H groups in total. The van der Waals surface area contributed by atoms with Crippen molar-refractivity contribution >= 4 is 39.5 Å². The van der Waals surface area contributed by atoms with E-state index in [0.717, 1.165) is 115 Å². The van der Waals surface area contributed by atoms with Crippen molar-refractivity contribution in [2.45, 2.75) is 368 Å². The Morgan fingerprint density at radius 3 is 0.773 bits per heavy atom. The predicted molar refractivity (Wildman–Crippen MR) is 354 cm³/mol. The van der Waals surface area contributed by atoms with Gasteiger partial charge in [-0.3, -0.25) is 37.3 Å². The lowest BCUT2D eigenvalue weighted by Crippen LogP contribution is -2.30. The Morgan fingerprint density at radius 2 is 0.523 bits per heavy atom. The van der Waals surface area contributed by atoms with Crippen molar-refractivity contribution in [3.05, 3.63) is 0 Å². The predicted octanol–water partition coefficient (Wildman–Crippen LogP) is 19.6. The lowest BCUT2D eigenvalue weighted by molar-refractivity contribution is -0.161. The fourth-order valence-electron chi connectivity index (χ4n) is 10.4. The Kier molecular flexibility index (Phi) is 59.9. The Hall–Kier alpha value is -1.94. The summed E-state index contributed by atoms with van der Waals surface area (Å²) in [6.45, 7) is 9.52. The van der Waals surface area contributed by atoms with Crippen LogP contribution in [0.4, 0.5) is 0 Å². The summed E-state index contributed by atoms with van der Waals surface area (Å²) in [5.41, 5.74) is 0. The largest absolute Gasteiger partial charge is 0.472 e. The summed E-state index contributed by atoms with van der Waals surface area (Å²) in [5.74, 6) is -0.563. The van der Waals surface area contributed by atoms with Crippen molar-refractivity contribution in [3.63, 3.8) is 0 Å². The van der Waals surface area contributed by atoms with Gasteiger partial charge in [0.05, 0.1) is 26.4 Å². The number of carbonyl (C=O) groups is 4. The van der Waals surface area contributed by atoms with Gasteiger partial charge in [0, 0.05) is 25.7 Å². The van der Waals surface area contributed by atoms with E-state index in [1.807, 2.05) is 0 Å². The first-order valence-electron chi connectivity index (χ1n) is 36.0. The van der Waals surface area contributed by atoms with Gasteiger partial charge in [-0.15, -0.1) is 0 Å². The third-order valence-electron chi connectivity index (χ3n) is 16.0. The number of aliphatic hydroxyl groups excluding tert-OH is 1. The summed E-state index contributed by atoms with van der Waals surface area (Å²) < 4.78 is 68.1. The lowest BCUT2D eigenvalue weighted by Gasteiger charge is -2.21. The second-order valence-corrected chi connectivity index (χ2v) is 28.8. The number of esters is 4. The van der Waals surface area contributed by atoms with Gasteiger partial charge in [-0.05, 0) is 37.5 Å². The summed E-state index contributed by atoms with van der Waals surface area (Å²) in [4.78, 5) is 72.3. The molecule has 0 aromatic heterocycles. The number of carbonyl (C=O) groups excluding carboxylic acids is 4. The van der Waals surface area contributed by atoms with Gasteiger partial charge in [0.25, 0.3) is 0 Å². The minimum absolute atomic E-state index is 0.106. The van der Waals surface area contributed by atoms with E-state index in [4.69, 9.17) is 37.0 Å². The van der Waals surface area contributed by atoms with Crippen molar-refractivity contribution < 1.29 is 80.2 Å². The molecule has 5 atom stereocenters. The lowest BCUT2D eigenvalue weighted by atomic mass is 10.0. The summed E-state index contributed by atoms with van der Waals surface area (Å²) in [6.07, 6.45) is 45.9. The highest BCUT2D eigenvalue weighted by atomic mass is 31.2. The number of aliphatic hydroxyl groups is 1. The zero-order valence-corrected chi connectivity index (χ0v) is 58.8. The fourth-order valence-corrected chi connectivity index (χ4v) is 12.0. The van der Waals surface area contributed by atoms with Crippen LogP contribution in [0.2, 0.25) is 0 Å². The van der Waals surface area contributed by atoms with Gasteiger partial charge in [-0.1, -0.05) is 298 Å². The molecule has 88 heavy (non-hydrogen) atoms. The van der Waals surface area contributed by atoms with Crippen LogP contribution in [0.15, 0.2) is 0 Å². The van der Waals surface area contributed by atoms with E-state index in [1.54, 1.807) is 0 Å². The Labute approximate surface area is 537 Å². The second-order valence-electron chi connectivity index (χ2n) is 25.9. The molecule has 19 heteroatoms. The summed E-state index contributed by atoms with van der Waals surface area (Å²) in [6, 6.07) is 0. The number of phosphoric ester groups is 2. The normalized spacial score (nSPS) is 14.2. The second kappa shape index (κ2) is 61.3. The quantitative estimate of drug-likeness (QED) is 0.0222. The first kappa shape index (κ1) is 86.1. The van der Waals surface area contributed by atoms with E-state index in [9.17, 15) is 43.2 Å². The summed E-state index contributed by atoms with van der Waals surface area (Å²) >= 11 is 0. The van der Waals surface area contributed by atoms with Crippen molar-refractivity contribution in [3.8, 4) is 0 Å². The smallest absolute Gasteiger partial charge is 0.462 e. The molecule has 0 spiro atoms. The average molecular weight is 1300 g/mol. The highest BCUT2D eigenvalue weighted by Gasteiger charge is 2.30. The molecule has 0 saturated heterocycles. The highest BCUT2D eigenvalue weighted by Crippen LogP contribution is 2.45. The minimum Gasteiger partial charge on any atom is -0.462 e. The SMILES string of the molecule is CCCCCCCCCCCCC(=O)O[C@H](COC(=O)CCCCCCCCC)COP(=O)(O)OC[C@H](O)COP(=O)(O)OC[C@@H](COC(=O)CCCCCCCCCCCCCC(C)C)OC(=O)CCCCCCCCCCCCCCCCC(C)C. The topological polar surface area (TPSA) is 237 Å². The minimum atomic E-state index is -4.95. The molecule has 2 unspecified atom stereocenters. The maximum Gasteiger partial charge on any atom is 0.472 e. The standard InChI is InChI=1S/C69H134O17P2/c1-7-9-11-13-15-16-28-35-41-47-53-68(73)85-64(57-79-66(71)51-45-39-31-14-12-10-8-2)59-83-87(75,76)81-55-63(70)56-82-88(77,78)84-60-65(58-80-67(72)52-46-40-34-29-25-21-23-27-33-38-44-50-62(5)6)86-69(74)54-48-42-36-30-24-20-18-17-19-22-26-32-37-43-49-61(3)4/h61-65,70H,7-60H2,1-6H3,(H,75,76)(H,77,78)/t63-,64+,65+/m0/s1. The van der Waals surface area contributed by atoms with Gasteiger partial charge in [0.15, 0.2) is 12.2 Å².